The van der Waals surface area contributed by atoms with E-state index in [0.29, 0.717) is 19.3 Å². The van der Waals surface area contributed by atoms with Gasteiger partial charge in [-0.1, -0.05) is 6.92 Å². The molecule has 2 rings (SSSR count). The lowest BCUT2D eigenvalue weighted by atomic mass is 10.1. The second-order valence-corrected chi connectivity index (χ2v) is 6.66. The minimum atomic E-state index is -2.90. The van der Waals surface area contributed by atoms with Gasteiger partial charge in [-0.15, -0.1) is 0 Å². The molecular weight excluding hydrogens is 240 g/mol. The van der Waals surface area contributed by atoms with E-state index < -0.39 is 9.84 Å². The van der Waals surface area contributed by atoms with Crippen LogP contribution in [0.5, 0.6) is 0 Å². The number of sulfone groups is 1. The van der Waals surface area contributed by atoms with Gasteiger partial charge in [-0.3, -0.25) is 9.36 Å². The van der Waals surface area contributed by atoms with Crippen LogP contribution in [0, 0.1) is 5.92 Å². The van der Waals surface area contributed by atoms with Gasteiger partial charge in [-0.25, -0.2) is 13.4 Å². The van der Waals surface area contributed by atoms with Gasteiger partial charge in [-0.2, -0.15) is 0 Å². The van der Waals surface area contributed by atoms with E-state index >= 15 is 0 Å². The zero-order chi connectivity index (χ0) is 12.5. The van der Waals surface area contributed by atoms with E-state index in [2.05, 4.69) is 4.98 Å². The zero-order valence-corrected chi connectivity index (χ0v) is 10.6. The molecule has 1 saturated heterocycles. The van der Waals surface area contributed by atoms with E-state index in [1.165, 1.54) is 4.57 Å². The van der Waals surface area contributed by atoms with Crippen molar-refractivity contribution in [2.24, 2.45) is 5.92 Å². The first-order valence-corrected chi connectivity index (χ1v) is 7.60. The number of aromatic nitrogens is 2. The van der Waals surface area contributed by atoms with Gasteiger partial charge in [0.2, 0.25) is 5.91 Å². The fraction of sp³-hybridized carbons (Fsp3) is 0.636. The second-order valence-electron chi connectivity index (χ2n) is 4.43. The summed E-state index contributed by atoms with van der Waals surface area (Å²) in [5.41, 5.74) is 0. The molecule has 94 valence electrons. The average molecular weight is 256 g/mol. The van der Waals surface area contributed by atoms with E-state index in [4.69, 9.17) is 0 Å². The molecule has 1 aromatic heterocycles. The summed E-state index contributed by atoms with van der Waals surface area (Å²) in [6.07, 6.45) is 4.83. The van der Waals surface area contributed by atoms with Gasteiger partial charge in [-0.05, 0) is 12.3 Å². The van der Waals surface area contributed by atoms with E-state index in [9.17, 15) is 13.2 Å². The fourth-order valence-corrected chi connectivity index (χ4v) is 4.06. The Morgan fingerprint density at radius 3 is 2.94 bits per heavy atom. The van der Waals surface area contributed by atoms with Gasteiger partial charge < -0.3 is 0 Å². The third-order valence-corrected chi connectivity index (χ3v) is 4.93. The van der Waals surface area contributed by atoms with E-state index in [-0.39, 0.29) is 23.3 Å². The molecule has 0 bridgehead atoms. The molecule has 0 aliphatic carbocycles. The Bertz CT molecular complexity index is 519. The third-order valence-electron chi connectivity index (χ3n) is 3.09. The predicted octanol–water partition coefficient (Wildman–Crippen LogP) is 0.911. The first-order chi connectivity index (χ1) is 8.02. The van der Waals surface area contributed by atoms with Crippen molar-refractivity contribution in [3.05, 3.63) is 18.2 Å². The lowest BCUT2D eigenvalue weighted by Gasteiger charge is -2.08. The van der Waals surface area contributed by atoms with Crippen molar-refractivity contribution in [1.29, 1.82) is 0 Å². The number of imidazole rings is 1. The Labute approximate surface area is 101 Å². The highest BCUT2D eigenvalue weighted by Gasteiger charge is 2.29. The molecule has 1 atom stereocenters. The number of hydrogen-bond acceptors (Lipinski definition) is 4. The van der Waals surface area contributed by atoms with Crippen LogP contribution in [0.25, 0.3) is 0 Å². The van der Waals surface area contributed by atoms with Crippen molar-refractivity contribution < 1.29 is 13.2 Å². The van der Waals surface area contributed by atoms with Gasteiger partial charge in [0.1, 0.15) is 5.82 Å². The van der Waals surface area contributed by atoms with Crippen LogP contribution in [0.1, 0.15) is 30.4 Å². The van der Waals surface area contributed by atoms with Crippen molar-refractivity contribution in [1.82, 2.24) is 9.55 Å². The molecule has 6 heteroatoms. The van der Waals surface area contributed by atoms with Crippen LogP contribution in [-0.4, -0.2) is 35.4 Å². The van der Waals surface area contributed by atoms with Crippen LogP contribution in [0.2, 0.25) is 0 Å². The maximum atomic E-state index is 12.0. The average Bonchev–Trinajstić information content (AvgIpc) is 2.84. The monoisotopic (exact) mass is 256 g/mol. The minimum absolute atomic E-state index is 0.0281. The van der Waals surface area contributed by atoms with Crippen molar-refractivity contribution in [2.45, 2.75) is 26.2 Å². The number of carbonyl (C=O) groups is 1. The standard InChI is InChI=1S/C11H16N2O3S/c1-2-10-12-4-5-13(10)11(14)7-9-3-6-17(15,16)8-9/h4-5,9H,2-3,6-8H2,1H3. The highest BCUT2D eigenvalue weighted by atomic mass is 32.2. The smallest absolute Gasteiger partial charge is 0.232 e. The molecule has 0 radical (unpaired) electrons. The predicted molar refractivity (Wildman–Crippen MR) is 63.6 cm³/mol. The number of aryl methyl sites for hydroxylation is 1. The summed E-state index contributed by atoms with van der Waals surface area (Å²) in [6.45, 7) is 1.94. The van der Waals surface area contributed by atoms with Crippen molar-refractivity contribution in [3.63, 3.8) is 0 Å². The molecule has 0 N–H and O–H groups in total. The Kier molecular flexibility index (Phi) is 3.33. The van der Waals surface area contributed by atoms with Crippen LogP contribution in [0.15, 0.2) is 12.4 Å². The van der Waals surface area contributed by atoms with E-state index in [1.54, 1.807) is 12.4 Å². The lowest BCUT2D eigenvalue weighted by Crippen LogP contribution is -2.18. The maximum absolute atomic E-state index is 12.0. The summed E-state index contributed by atoms with van der Waals surface area (Å²) < 4.78 is 24.1. The SMILES string of the molecule is CCc1nccn1C(=O)CC1CCS(=O)(=O)C1. The molecule has 0 amide bonds. The van der Waals surface area contributed by atoms with Gasteiger partial charge in [0, 0.05) is 25.2 Å². The first-order valence-electron chi connectivity index (χ1n) is 5.77. The zero-order valence-electron chi connectivity index (χ0n) is 9.80. The normalized spacial score (nSPS) is 22.8. The molecule has 1 fully saturated rings. The lowest BCUT2D eigenvalue weighted by molar-refractivity contribution is 0.0881. The van der Waals surface area contributed by atoms with Gasteiger partial charge in [0.25, 0.3) is 0 Å². The summed E-state index contributed by atoms with van der Waals surface area (Å²) in [4.78, 5) is 16.1. The molecule has 1 aliphatic rings. The van der Waals surface area contributed by atoms with E-state index in [1.807, 2.05) is 6.92 Å². The second kappa shape index (κ2) is 4.60. The topological polar surface area (TPSA) is 69.0 Å². The molecule has 5 nitrogen and oxygen atoms in total. The Balaban J connectivity index is 2.03. The van der Waals surface area contributed by atoms with Crippen LogP contribution < -0.4 is 0 Å². The van der Waals surface area contributed by atoms with Crippen LogP contribution >= 0.6 is 0 Å². The Hall–Kier alpha value is -1.17. The number of carbonyl (C=O) groups excluding carboxylic acids is 1. The highest BCUT2D eigenvalue weighted by molar-refractivity contribution is 7.91. The molecule has 1 unspecified atom stereocenters. The first kappa shape index (κ1) is 12.3. The maximum Gasteiger partial charge on any atom is 0.232 e. The van der Waals surface area contributed by atoms with Crippen molar-refractivity contribution in [2.75, 3.05) is 11.5 Å². The van der Waals surface area contributed by atoms with E-state index in [0.717, 1.165) is 5.82 Å². The van der Waals surface area contributed by atoms with Gasteiger partial charge in [0.05, 0.1) is 11.5 Å². The van der Waals surface area contributed by atoms with Gasteiger partial charge in [0.15, 0.2) is 9.84 Å². The molecule has 0 aromatic carbocycles. The molecule has 1 aromatic rings. The number of nitrogens with zero attached hydrogens (tertiary/aromatic N) is 2. The molecule has 1 aliphatic heterocycles. The molecule has 0 saturated carbocycles. The van der Waals surface area contributed by atoms with Gasteiger partial charge >= 0.3 is 0 Å². The summed E-state index contributed by atoms with van der Waals surface area (Å²) in [7, 11) is -2.90. The van der Waals surface area contributed by atoms with Crippen LogP contribution in [0.4, 0.5) is 0 Å². The van der Waals surface area contributed by atoms with Crippen LogP contribution in [-0.2, 0) is 16.3 Å². The van der Waals surface area contributed by atoms with Crippen molar-refractivity contribution >= 4 is 15.7 Å². The molecular formula is C11H16N2O3S. The third kappa shape index (κ3) is 2.74. The highest BCUT2D eigenvalue weighted by Crippen LogP contribution is 2.22. The summed E-state index contributed by atoms with van der Waals surface area (Å²) in [5.74, 6) is 1.02. The largest absolute Gasteiger partial charge is 0.274 e. The minimum Gasteiger partial charge on any atom is -0.274 e. The Morgan fingerprint density at radius 1 is 1.59 bits per heavy atom. The molecule has 0 spiro atoms. The Morgan fingerprint density at radius 2 is 2.35 bits per heavy atom. The summed E-state index contributed by atoms with van der Waals surface area (Å²) >= 11 is 0. The van der Waals surface area contributed by atoms with Crippen molar-refractivity contribution in [3.8, 4) is 0 Å². The summed E-state index contributed by atoms with van der Waals surface area (Å²) in [6, 6.07) is 0. The summed E-state index contributed by atoms with van der Waals surface area (Å²) in [5, 5.41) is 0. The van der Waals surface area contributed by atoms with Crippen LogP contribution in [0.3, 0.4) is 0 Å². The number of hydrogen-bond donors (Lipinski definition) is 0. The molecule has 2 heterocycles. The fourth-order valence-electron chi connectivity index (χ4n) is 2.20. The molecule has 17 heavy (non-hydrogen) atoms. The quantitative estimate of drug-likeness (QED) is 0.806. The number of rotatable bonds is 3.